The van der Waals surface area contributed by atoms with Gasteiger partial charge in [-0.3, -0.25) is 9.59 Å². The molecule has 2 rings (SSSR count). The fraction of sp³-hybridized carbons (Fsp3) is 0.538. The molecule has 0 spiro atoms. The minimum Gasteiger partial charge on any atom is -0.348 e. The molecule has 2 amide bonds. The molecule has 0 aliphatic carbocycles. The summed E-state index contributed by atoms with van der Waals surface area (Å²) in [5.41, 5.74) is 1.16. The Morgan fingerprint density at radius 1 is 1.53 bits per heavy atom. The topological polar surface area (TPSA) is 49.4 Å². The second kappa shape index (κ2) is 5.96. The maximum Gasteiger partial charge on any atom is 0.240 e. The first-order valence-corrected chi connectivity index (χ1v) is 8.16. The fourth-order valence-electron chi connectivity index (χ4n) is 2.16. The summed E-state index contributed by atoms with van der Waals surface area (Å²) in [5.74, 6) is 1.07. The molecular weight excluding hydrogens is 280 g/mol. The highest BCUT2D eigenvalue weighted by atomic mass is 32.2. The molecule has 0 radical (unpaired) electrons. The van der Waals surface area contributed by atoms with Crippen molar-refractivity contribution < 1.29 is 9.59 Å². The van der Waals surface area contributed by atoms with Crippen molar-refractivity contribution in [2.24, 2.45) is 0 Å². The van der Waals surface area contributed by atoms with Gasteiger partial charge in [0.25, 0.3) is 0 Å². The fourth-order valence-corrected chi connectivity index (χ4v) is 4.09. The molecule has 0 aromatic carbocycles. The zero-order valence-electron chi connectivity index (χ0n) is 11.4. The van der Waals surface area contributed by atoms with Crippen LogP contribution in [0.3, 0.4) is 0 Å². The van der Waals surface area contributed by atoms with Crippen LogP contribution in [0.4, 0.5) is 0 Å². The Morgan fingerprint density at radius 2 is 2.26 bits per heavy atom. The number of rotatable bonds is 4. The molecule has 104 valence electrons. The summed E-state index contributed by atoms with van der Waals surface area (Å²) >= 11 is 3.29. The van der Waals surface area contributed by atoms with Gasteiger partial charge < -0.3 is 10.2 Å². The average Bonchev–Trinajstić information content (AvgIpc) is 2.85. The summed E-state index contributed by atoms with van der Waals surface area (Å²) in [6.07, 6.45) is 0. The molecular formula is C13H18N2O2S2. The largest absolute Gasteiger partial charge is 0.348 e. The van der Waals surface area contributed by atoms with E-state index in [4.69, 9.17) is 0 Å². The Labute approximate surface area is 121 Å². The summed E-state index contributed by atoms with van der Waals surface area (Å²) in [7, 11) is 0. The standard InChI is InChI=1S/C13H18N2O2S2/c1-8-4-11(10(3)19-8)9(2)14-12(16)5-15-7-18-6-13(15)17/h4,9H,5-7H2,1-3H3,(H,14,16). The number of amides is 2. The average molecular weight is 298 g/mol. The summed E-state index contributed by atoms with van der Waals surface area (Å²) in [6.45, 7) is 6.28. The van der Waals surface area contributed by atoms with Gasteiger partial charge in [0.1, 0.15) is 6.54 Å². The van der Waals surface area contributed by atoms with Crippen molar-refractivity contribution in [1.82, 2.24) is 10.2 Å². The summed E-state index contributed by atoms with van der Waals surface area (Å²) in [5, 5.41) is 2.96. The SMILES string of the molecule is Cc1cc(C(C)NC(=O)CN2CSCC2=O)c(C)s1. The molecule has 1 aromatic heterocycles. The normalized spacial score (nSPS) is 16.8. The van der Waals surface area contributed by atoms with E-state index in [2.05, 4.69) is 25.2 Å². The lowest BCUT2D eigenvalue weighted by Gasteiger charge is -2.18. The van der Waals surface area contributed by atoms with Gasteiger partial charge in [-0.25, -0.2) is 0 Å². The Morgan fingerprint density at radius 3 is 2.79 bits per heavy atom. The molecule has 19 heavy (non-hydrogen) atoms. The lowest BCUT2D eigenvalue weighted by Crippen LogP contribution is -2.39. The molecule has 1 aliphatic rings. The minimum absolute atomic E-state index is 0.0113. The maximum absolute atomic E-state index is 11.9. The van der Waals surface area contributed by atoms with Crippen molar-refractivity contribution in [2.45, 2.75) is 26.8 Å². The van der Waals surface area contributed by atoms with Gasteiger partial charge in [-0.05, 0) is 32.4 Å². The quantitative estimate of drug-likeness (QED) is 0.926. The molecule has 0 saturated carbocycles. The number of thioether (sulfide) groups is 1. The van der Waals surface area contributed by atoms with Crippen LogP contribution in [0.5, 0.6) is 0 Å². The number of nitrogens with one attached hydrogen (secondary N) is 1. The predicted octanol–water partition coefficient (Wildman–Crippen LogP) is 2.08. The number of carbonyl (C=O) groups is 2. The molecule has 1 saturated heterocycles. The number of hydrogen-bond acceptors (Lipinski definition) is 4. The number of thiophene rings is 1. The first-order chi connectivity index (χ1) is 8.97. The Bertz CT molecular complexity index is 499. The Kier molecular flexibility index (Phi) is 4.52. The van der Waals surface area contributed by atoms with Gasteiger partial charge in [-0.1, -0.05) is 0 Å². The monoisotopic (exact) mass is 298 g/mol. The van der Waals surface area contributed by atoms with E-state index >= 15 is 0 Å². The van der Waals surface area contributed by atoms with E-state index in [1.54, 1.807) is 28.0 Å². The maximum atomic E-state index is 11.9. The predicted molar refractivity (Wildman–Crippen MR) is 79.4 cm³/mol. The zero-order chi connectivity index (χ0) is 14.0. The van der Waals surface area contributed by atoms with Crippen LogP contribution < -0.4 is 5.32 Å². The van der Waals surface area contributed by atoms with Crippen molar-refractivity contribution in [3.05, 3.63) is 21.4 Å². The lowest BCUT2D eigenvalue weighted by molar-refractivity contribution is -0.132. The number of hydrogen-bond donors (Lipinski definition) is 1. The van der Waals surface area contributed by atoms with Gasteiger partial charge in [-0.15, -0.1) is 23.1 Å². The van der Waals surface area contributed by atoms with Gasteiger partial charge >= 0.3 is 0 Å². The molecule has 4 nitrogen and oxygen atoms in total. The highest BCUT2D eigenvalue weighted by molar-refractivity contribution is 8.00. The van der Waals surface area contributed by atoms with Gasteiger partial charge in [-0.2, -0.15) is 0 Å². The van der Waals surface area contributed by atoms with Crippen molar-refractivity contribution in [3.8, 4) is 0 Å². The van der Waals surface area contributed by atoms with Crippen molar-refractivity contribution in [2.75, 3.05) is 18.2 Å². The molecule has 1 atom stereocenters. The van der Waals surface area contributed by atoms with Crippen LogP contribution in [-0.2, 0) is 9.59 Å². The highest BCUT2D eigenvalue weighted by Crippen LogP contribution is 2.26. The van der Waals surface area contributed by atoms with E-state index in [0.29, 0.717) is 11.6 Å². The van der Waals surface area contributed by atoms with Gasteiger partial charge in [0, 0.05) is 9.75 Å². The smallest absolute Gasteiger partial charge is 0.240 e. The second-order valence-electron chi connectivity index (χ2n) is 4.73. The van der Waals surface area contributed by atoms with Crippen LogP contribution in [-0.4, -0.2) is 34.9 Å². The molecule has 1 aliphatic heterocycles. The second-order valence-corrected chi connectivity index (χ2v) is 7.14. The van der Waals surface area contributed by atoms with Crippen LogP contribution in [0.15, 0.2) is 6.07 Å². The molecule has 1 fully saturated rings. The molecule has 2 heterocycles. The molecule has 1 unspecified atom stereocenters. The van der Waals surface area contributed by atoms with E-state index in [-0.39, 0.29) is 24.4 Å². The molecule has 1 aromatic rings. The van der Waals surface area contributed by atoms with E-state index in [1.165, 1.54) is 9.75 Å². The summed E-state index contributed by atoms with van der Waals surface area (Å²) < 4.78 is 0. The number of nitrogens with zero attached hydrogens (tertiary/aromatic N) is 1. The molecule has 0 bridgehead atoms. The lowest BCUT2D eigenvalue weighted by atomic mass is 10.1. The molecule has 6 heteroatoms. The summed E-state index contributed by atoms with van der Waals surface area (Å²) in [4.78, 5) is 27.5. The first-order valence-electron chi connectivity index (χ1n) is 6.19. The van der Waals surface area contributed by atoms with Crippen molar-refractivity contribution in [3.63, 3.8) is 0 Å². The highest BCUT2D eigenvalue weighted by Gasteiger charge is 2.23. The van der Waals surface area contributed by atoms with Crippen LogP contribution in [0.25, 0.3) is 0 Å². The third-order valence-electron chi connectivity index (χ3n) is 3.08. The van der Waals surface area contributed by atoms with E-state index in [9.17, 15) is 9.59 Å². The Balaban J connectivity index is 1.91. The molecule has 1 N–H and O–H groups in total. The van der Waals surface area contributed by atoms with Crippen molar-refractivity contribution in [1.29, 1.82) is 0 Å². The van der Waals surface area contributed by atoms with Crippen LogP contribution in [0, 0.1) is 13.8 Å². The Hall–Kier alpha value is -1.01. The first kappa shape index (κ1) is 14.4. The van der Waals surface area contributed by atoms with Gasteiger partial charge in [0.15, 0.2) is 0 Å². The van der Waals surface area contributed by atoms with Crippen LogP contribution in [0.1, 0.15) is 28.3 Å². The minimum atomic E-state index is -0.0911. The van der Waals surface area contributed by atoms with E-state index in [1.807, 2.05) is 6.92 Å². The third-order valence-corrected chi connectivity index (χ3v) is 5.01. The van der Waals surface area contributed by atoms with Gasteiger partial charge in [0.05, 0.1) is 17.7 Å². The number of carbonyl (C=O) groups excluding carboxylic acids is 2. The van der Waals surface area contributed by atoms with Crippen LogP contribution in [0.2, 0.25) is 0 Å². The van der Waals surface area contributed by atoms with E-state index in [0.717, 1.165) is 5.56 Å². The zero-order valence-corrected chi connectivity index (χ0v) is 13.0. The van der Waals surface area contributed by atoms with E-state index < -0.39 is 0 Å². The summed E-state index contributed by atoms with van der Waals surface area (Å²) in [6, 6.07) is 2.10. The van der Waals surface area contributed by atoms with Crippen LogP contribution >= 0.6 is 23.1 Å². The van der Waals surface area contributed by atoms with Crippen molar-refractivity contribution >= 4 is 34.9 Å². The van der Waals surface area contributed by atoms with Gasteiger partial charge in [0.2, 0.25) is 11.8 Å². The third kappa shape index (κ3) is 3.51. The number of aryl methyl sites for hydroxylation is 2.